The number of halogens is 4. The second-order valence-electron chi connectivity index (χ2n) is 13.3. The number of ether oxygens (including phenoxy) is 1. The predicted octanol–water partition coefficient (Wildman–Crippen LogP) is 5.65. The normalized spacial score (nSPS) is 25.4. The summed E-state index contributed by atoms with van der Waals surface area (Å²) in [5.74, 6) is -0.920. The minimum Gasteiger partial charge on any atom is -0.461 e. The summed E-state index contributed by atoms with van der Waals surface area (Å²) in [4.78, 5) is 32.2. The van der Waals surface area contributed by atoms with Crippen molar-refractivity contribution in [3.05, 3.63) is 34.9 Å². The average Bonchev–Trinajstić information content (AvgIpc) is 3.90. The lowest BCUT2D eigenvalue weighted by Crippen LogP contribution is -2.47. The molecule has 6 heterocycles. The molecule has 0 saturated carbocycles. The Labute approximate surface area is 288 Å². The third-order valence-corrected chi connectivity index (χ3v) is 11.5. The number of rotatable bonds is 6. The van der Waals surface area contributed by atoms with Crippen LogP contribution in [0.3, 0.4) is 0 Å². The van der Waals surface area contributed by atoms with Gasteiger partial charge >= 0.3 is 12.0 Å². The number of urea groups is 1. The molecule has 256 valence electrons. The highest BCUT2D eigenvalue weighted by molar-refractivity contribution is 7.22. The maximum atomic E-state index is 16.9. The van der Waals surface area contributed by atoms with Crippen LogP contribution in [0.2, 0.25) is 5.02 Å². The molecule has 0 bridgehead atoms. The Morgan fingerprint density at radius 3 is 2.86 bits per heavy atom. The van der Waals surface area contributed by atoms with Gasteiger partial charge in [0.15, 0.2) is 10.9 Å². The van der Waals surface area contributed by atoms with Gasteiger partial charge in [-0.2, -0.15) is 15.2 Å². The molecule has 4 atom stereocenters. The summed E-state index contributed by atoms with van der Waals surface area (Å²) in [6.07, 6.45) is 3.10. The Hall–Kier alpha value is -4.13. The smallest absolute Gasteiger partial charge is 0.319 e. The van der Waals surface area contributed by atoms with Crippen LogP contribution in [0.15, 0.2) is 18.2 Å². The minimum atomic E-state index is -0.952. The van der Waals surface area contributed by atoms with E-state index in [4.69, 9.17) is 27.1 Å². The average molecular weight is 712 g/mol. The van der Waals surface area contributed by atoms with Gasteiger partial charge in [0.25, 0.3) is 0 Å². The Morgan fingerprint density at radius 1 is 1.16 bits per heavy atom. The molecular weight excluding hydrogens is 679 g/mol. The van der Waals surface area contributed by atoms with Crippen LogP contribution in [0, 0.1) is 23.0 Å². The molecule has 4 aliphatic rings. The molecule has 2 unspecified atom stereocenters. The van der Waals surface area contributed by atoms with Crippen molar-refractivity contribution in [3.63, 3.8) is 0 Å². The molecule has 3 N–H and O–H groups in total. The number of nitrogen functional groups attached to an aromatic ring is 1. The van der Waals surface area contributed by atoms with E-state index in [0.29, 0.717) is 56.6 Å². The fourth-order valence-electron chi connectivity index (χ4n) is 8.03. The van der Waals surface area contributed by atoms with E-state index in [2.05, 4.69) is 26.3 Å². The number of carbonyl (C=O) groups excluding carboxylic acids is 1. The van der Waals surface area contributed by atoms with Gasteiger partial charge in [0.2, 0.25) is 0 Å². The van der Waals surface area contributed by atoms with Gasteiger partial charge in [-0.25, -0.2) is 22.9 Å². The fourth-order valence-corrected chi connectivity index (χ4v) is 9.08. The molecule has 2 aromatic heterocycles. The summed E-state index contributed by atoms with van der Waals surface area (Å²) < 4.78 is 52.4. The number of aromatic nitrogens is 3. The van der Waals surface area contributed by atoms with Crippen LogP contribution >= 0.6 is 22.9 Å². The Kier molecular flexibility index (Phi) is 8.08. The number of likely N-dealkylation sites (tertiary alicyclic amines) is 1. The van der Waals surface area contributed by atoms with Crippen LogP contribution in [-0.4, -0.2) is 93.9 Å². The quantitative estimate of drug-likeness (QED) is 0.260. The van der Waals surface area contributed by atoms with Crippen molar-refractivity contribution in [1.29, 1.82) is 5.26 Å². The number of nitriles is 1. The summed E-state index contributed by atoms with van der Waals surface area (Å²) in [7, 11) is 0. The number of benzene rings is 2. The molecule has 0 radical (unpaired) electrons. The molecule has 0 spiro atoms. The van der Waals surface area contributed by atoms with Crippen molar-refractivity contribution >= 4 is 61.0 Å². The second kappa shape index (κ2) is 12.3. The van der Waals surface area contributed by atoms with E-state index in [1.165, 1.54) is 12.1 Å². The number of amides is 2. The third-order valence-electron chi connectivity index (χ3n) is 10.3. The van der Waals surface area contributed by atoms with Gasteiger partial charge in [0, 0.05) is 55.2 Å². The SMILES string of the molecule is N#CC1CCCN1C(=O)NC1CCN(c2nc(OC[C@@]34CCCN3C[C@H](F)C4)nc3c(F)c(-c4ccc(F)c5sc(N)nc45)c(Cl)cc23)C1. The Bertz CT molecular complexity index is 2030. The summed E-state index contributed by atoms with van der Waals surface area (Å²) in [6, 6.07) is 5.35. The van der Waals surface area contributed by atoms with Crippen LogP contribution in [0.25, 0.3) is 32.2 Å². The van der Waals surface area contributed by atoms with Gasteiger partial charge in [-0.3, -0.25) is 4.90 Å². The first kappa shape index (κ1) is 32.1. The van der Waals surface area contributed by atoms with E-state index in [0.717, 1.165) is 37.1 Å². The fraction of sp³-hybridized carbons (Fsp3) is 0.485. The largest absolute Gasteiger partial charge is 0.461 e. The van der Waals surface area contributed by atoms with Crippen molar-refractivity contribution < 1.29 is 22.7 Å². The molecule has 0 aliphatic carbocycles. The van der Waals surface area contributed by atoms with Crippen LogP contribution in [-0.2, 0) is 0 Å². The Balaban J connectivity index is 1.17. The summed E-state index contributed by atoms with van der Waals surface area (Å²) in [5.41, 5.74) is 5.80. The molecule has 2 aromatic carbocycles. The molecule has 4 saturated heterocycles. The highest BCUT2D eigenvalue weighted by atomic mass is 35.5. The highest BCUT2D eigenvalue weighted by Gasteiger charge is 2.49. The molecule has 49 heavy (non-hydrogen) atoms. The number of nitrogens with two attached hydrogens (primary N) is 1. The first-order valence-electron chi connectivity index (χ1n) is 16.4. The van der Waals surface area contributed by atoms with Gasteiger partial charge in [0.1, 0.15) is 36.0 Å². The zero-order valence-corrected chi connectivity index (χ0v) is 28.0. The lowest BCUT2D eigenvalue weighted by molar-refractivity contribution is 0.107. The van der Waals surface area contributed by atoms with Crippen LogP contribution in [0.4, 0.5) is 28.9 Å². The standard InChI is InChI=1S/C33H33ClF3N9O2S/c34-22-11-21-26(25(37)24(22)20-4-5-23(36)28-27(20)41-30(39)49-28)42-31(48-16-33-7-2-8-45(33)14-17(35)12-33)43-29(21)44-10-6-18(15-44)40-32(47)46-9-1-3-19(46)13-38/h4-5,11,17-19H,1-3,6-10,12,14-16H2,(H2,39,41)(H,40,47)/t17-,18?,19?,33+/m1/s1. The Morgan fingerprint density at radius 2 is 2.02 bits per heavy atom. The van der Waals surface area contributed by atoms with Gasteiger partial charge < -0.3 is 25.6 Å². The van der Waals surface area contributed by atoms with Crippen LogP contribution in [0.1, 0.15) is 38.5 Å². The van der Waals surface area contributed by atoms with Crippen molar-refractivity contribution in [2.24, 2.45) is 0 Å². The first-order valence-corrected chi connectivity index (χ1v) is 17.6. The minimum absolute atomic E-state index is 0.0130. The van der Waals surface area contributed by atoms with E-state index >= 15 is 4.39 Å². The number of thiazole rings is 1. The topological polar surface area (TPSA) is 137 Å². The number of nitrogens with zero attached hydrogens (tertiary/aromatic N) is 7. The molecule has 8 rings (SSSR count). The molecule has 4 fully saturated rings. The summed E-state index contributed by atoms with van der Waals surface area (Å²) >= 11 is 7.76. The molecule has 11 nitrogen and oxygen atoms in total. The van der Waals surface area contributed by atoms with E-state index in [9.17, 15) is 18.8 Å². The highest BCUT2D eigenvalue weighted by Crippen LogP contribution is 2.44. The van der Waals surface area contributed by atoms with Crippen molar-refractivity contribution in [1.82, 2.24) is 30.1 Å². The van der Waals surface area contributed by atoms with E-state index in [1.54, 1.807) is 11.0 Å². The summed E-state index contributed by atoms with van der Waals surface area (Å²) in [5, 5.41) is 13.0. The molecule has 2 amide bonds. The lowest BCUT2D eigenvalue weighted by atomic mass is 9.95. The van der Waals surface area contributed by atoms with Gasteiger partial charge in [-0.1, -0.05) is 22.9 Å². The number of carbonyl (C=O) groups is 1. The number of anilines is 2. The van der Waals surface area contributed by atoms with Crippen molar-refractivity contribution in [2.75, 3.05) is 50.0 Å². The lowest BCUT2D eigenvalue weighted by Gasteiger charge is -2.31. The number of alkyl halides is 1. The monoisotopic (exact) mass is 711 g/mol. The number of fused-ring (bicyclic) bond motifs is 3. The van der Waals surface area contributed by atoms with Gasteiger partial charge in [-0.05, 0) is 56.8 Å². The molecule has 16 heteroatoms. The van der Waals surface area contributed by atoms with Gasteiger partial charge in [-0.15, -0.1) is 0 Å². The molecular formula is C33H33ClF3N9O2S. The van der Waals surface area contributed by atoms with Gasteiger partial charge in [0.05, 0.1) is 26.8 Å². The number of nitrogens with one attached hydrogen (secondary N) is 1. The number of hydrogen-bond acceptors (Lipinski definition) is 10. The first-order chi connectivity index (χ1) is 23.6. The zero-order valence-electron chi connectivity index (χ0n) is 26.4. The zero-order chi connectivity index (χ0) is 34.0. The predicted molar refractivity (Wildman–Crippen MR) is 181 cm³/mol. The van der Waals surface area contributed by atoms with E-state index in [1.807, 2.05) is 4.90 Å². The van der Waals surface area contributed by atoms with E-state index < -0.39 is 29.4 Å². The number of hydrogen-bond donors (Lipinski definition) is 2. The third kappa shape index (κ3) is 5.54. The van der Waals surface area contributed by atoms with Crippen molar-refractivity contribution in [3.8, 4) is 23.2 Å². The van der Waals surface area contributed by atoms with E-state index in [-0.39, 0.29) is 61.7 Å². The second-order valence-corrected chi connectivity index (χ2v) is 14.8. The molecule has 4 aliphatic heterocycles. The van der Waals surface area contributed by atoms with Crippen LogP contribution < -0.4 is 20.7 Å². The van der Waals surface area contributed by atoms with Crippen LogP contribution in [0.5, 0.6) is 6.01 Å². The molecule has 4 aromatic rings. The maximum Gasteiger partial charge on any atom is 0.319 e. The maximum absolute atomic E-state index is 16.9. The summed E-state index contributed by atoms with van der Waals surface area (Å²) in [6.45, 7) is 2.65. The van der Waals surface area contributed by atoms with Crippen molar-refractivity contribution in [2.45, 2.75) is 62.3 Å².